The Morgan fingerprint density at radius 2 is 1.44 bits per heavy atom. The molecular formula is C49H71N5O7SSi. The second kappa shape index (κ2) is 23.3. The van der Waals surface area contributed by atoms with Crippen molar-refractivity contribution in [2.75, 3.05) is 37.7 Å². The molecule has 3 unspecified atom stereocenters. The highest BCUT2D eigenvalue weighted by Crippen LogP contribution is 2.38. The highest BCUT2D eigenvalue weighted by atomic mass is 32.2. The normalized spacial score (nSPS) is 15.3. The maximum atomic E-state index is 15.9. The highest BCUT2D eigenvalue weighted by molar-refractivity contribution is 7.99. The molecule has 12 nitrogen and oxygen atoms in total. The number of hydrogen-bond donors (Lipinski definition) is 4. The summed E-state index contributed by atoms with van der Waals surface area (Å²) >= 11 is 1.74. The highest BCUT2D eigenvalue weighted by Gasteiger charge is 2.50. The Morgan fingerprint density at radius 1 is 0.825 bits per heavy atom. The summed E-state index contributed by atoms with van der Waals surface area (Å²) in [6, 6.07) is 25.1. The third-order valence-electron chi connectivity index (χ3n) is 11.8. The summed E-state index contributed by atoms with van der Waals surface area (Å²) in [6.07, 6.45) is 1.78. The second-order valence-electron chi connectivity index (χ2n) is 18.9. The third-order valence-corrected chi connectivity index (χ3v) is 17.3. The van der Waals surface area contributed by atoms with Gasteiger partial charge in [-0.25, -0.2) is 9.59 Å². The first kappa shape index (κ1) is 51.0. The van der Waals surface area contributed by atoms with E-state index in [1.54, 1.807) is 37.4 Å². The predicted molar refractivity (Wildman–Crippen MR) is 256 cm³/mol. The Balaban J connectivity index is 1.94. The number of unbranched alkanes of at least 4 members (excludes halogenated alkanes) is 2. The molecule has 1 heterocycles. The summed E-state index contributed by atoms with van der Waals surface area (Å²) in [5, 5.41) is 11.6. The fraction of sp³-hybridized carbons (Fsp3) is 0.531. The van der Waals surface area contributed by atoms with Crippen molar-refractivity contribution < 1.29 is 33.1 Å². The van der Waals surface area contributed by atoms with E-state index in [0.29, 0.717) is 19.5 Å². The first-order valence-corrected chi connectivity index (χ1v) is 26.4. The number of hydrogen-bond acceptors (Lipinski definition) is 8. The summed E-state index contributed by atoms with van der Waals surface area (Å²) < 4.78 is 12.6. The lowest BCUT2D eigenvalue weighted by Gasteiger charge is -2.44. The van der Waals surface area contributed by atoms with Crippen molar-refractivity contribution in [1.82, 2.24) is 26.2 Å². The van der Waals surface area contributed by atoms with Crippen LogP contribution in [0.25, 0.3) is 11.1 Å². The van der Waals surface area contributed by atoms with Gasteiger partial charge in [0.15, 0.2) is 8.32 Å². The molecule has 344 valence electrons. The summed E-state index contributed by atoms with van der Waals surface area (Å²) in [4.78, 5) is 73.3. The number of thioether (sulfide) groups is 1. The lowest BCUT2D eigenvalue weighted by Crippen LogP contribution is -2.69. The van der Waals surface area contributed by atoms with Crippen LogP contribution in [0.5, 0.6) is 0 Å². The zero-order valence-corrected chi connectivity index (χ0v) is 40.8. The molecule has 3 atom stereocenters. The average molecular weight is 902 g/mol. The van der Waals surface area contributed by atoms with Crippen LogP contribution in [0.1, 0.15) is 85.3 Å². The monoisotopic (exact) mass is 901 g/mol. The van der Waals surface area contributed by atoms with Gasteiger partial charge >= 0.3 is 12.1 Å². The number of ether oxygens (including phenoxy) is 1. The van der Waals surface area contributed by atoms with Crippen molar-refractivity contribution in [3.8, 4) is 11.1 Å². The summed E-state index contributed by atoms with van der Waals surface area (Å²) in [5.41, 5.74) is 0.639. The number of carbonyl (C=O) groups excluding carboxylic acids is 5. The summed E-state index contributed by atoms with van der Waals surface area (Å²) in [6.45, 7) is 18.8. The van der Waals surface area contributed by atoms with E-state index in [2.05, 4.69) is 62.1 Å². The molecule has 0 saturated carbocycles. The fourth-order valence-electron chi connectivity index (χ4n) is 7.14. The molecule has 0 aliphatic carbocycles. The van der Waals surface area contributed by atoms with Crippen molar-refractivity contribution in [3.05, 3.63) is 96.1 Å². The first-order chi connectivity index (χ1) is 29.7. The van der Waals surface area contributed by atoms with Crippen molar-refractivity contribution in [1.29, 1.82) is 0 Å². The molecular weight excluding hydrogens is 831 g/mol. The van der Waals surface area contributed by atoms with E-state index < -0.39 is 55.4 Å². The molecule has 0 aromatic heterocycles. The van der Waals surface area contributed by atoms with E-state index in [-0.39, 0.29) is 43.4 Å². The second-order valence-corrected chi connectivity index (χ2v) is 25.0. The van der Waals surface area contributed by atoms with E-state index in [4.69, 9.17) is 9.16 Å². The minimum absolute atomic E-state index is 0.0243. The lowest BCUT2D eigenvalue weighted by atomic mass is 9.76. The van der Waals surface area contributed by atoms with E-state index in [1.807, 2.05) is 84.9 Å². The standard InChI is InChI=1S/C49H71N5O7SSi/c1-10-11-14-27-42(55)53-49(33-38-25-19-20-26-40(38)37-23-17-13-18-24-37,39(34-50-46(59)61-47(2,3)4)35-60-63(8,9)48(5,6)7)44(57)51-41(32-36-21-15-12-16-22-36)43(56)52-45(58)54-28-30-62-31-29-54/h12-13,15-26,39,41H,10-11,14,27-35H2,1-9H3,(H,50,59)(H,51,57)(H,53,55)(H,52,56,58). The Labute approximate surface area is 380 Å². The van der Waals surface area contributed by atoms with Crippen molar-refractivity contribution in [3.63, 3.8) is 0 Å². The van der Waals surface area contributed by atoms with E-state index in [1.165, 1.54) is 0 Å². The van der Waals surface area contributed by atoms with Gasteiger partial charge in [0.25, 0.3) is 5.91 Å². The molecule has 6 amide bonds. The Kier molecular flexibility index (Phi) is 18.9. The molecule has 4 rings (SSSR count). The van der Waals surface area contributed by atoms with Crippen LogP contribution in [0.4, 0.5) is 9.59 Å². The third kappa shape index (κ3) is 15.5. The van der Waals surface area contributed by atoms with Gasteiger partial charge in [0.1, 0.15) is 17.2 Å². The molecule has 14 heteroatoms. The zero-order valence-electron chi connectivity index (χ0n) is 38.9. The number of nitrogens with zero attached hydrogens (tertiary/aromatic N) is 1. The van der Waals surface area contributed by atoms with Gasteiger partial charge in [0.2, 0.25) is 11.8 Å². The molecule has 3 aromatic carbocycles. The SMILES string of the molecule is CCCCCC(=O)NC(Cc1ccccc1-c1ccccc1)(C(=O)NC(Cc1ccccc1)C(=O)NC(=O)N1CCSCC1)C(CNC(=O)OC(C)(C)C)CO[Si](C)(C)C(C)(C)C. The maximum Gasteiger partial charge on any atom is 0.407 e. The van der Waals surface area contributed by atoms with Gasteiger partial charge in [-0.3, -0.25) is 19.7 Å². The molecule has 0 bridgehead atoms. The van der Waals surface area contributed by atoms with Crippen LogP contribution in [-0.4, -0.2) is 98.0 Å². The van der Waals surface area contributed by atoms with E-state index in [0.717, 1.165) is 46.6 Å². The number of rotatable bonds is 19. The van der Waals surface area contributed by atoms with Crippen molar-refractivity contribution >= 4 is 49.9 Å². The number of benzene rings is 3. The number of imide groups is 1. The number of nitrogens with one attached hydrogen (secondary N) is 4. The van der Waals surface area contributed by atoms with Gasteiger partial charge in [-0.1, -0.05) is 125 Å². The largest absolute Gasteiger partial charge is 0.444 e. The quantitative estimate of drug-likeness (QED) is 0.0690. The molecule has 0 radical (unpaired) electrons. The van der Waals surface area contributed by atoms with Gasteiger partial charge < -0.3 is 30.0 Å². The molecule has 63 heavy (non-hydrogen) atoms. The van der Waals surface area contributed by atoms with Gasteiger partial charge in [-0.15, -0.1) is 0 Å². The van der Waals surface area contributed by atoms with Gasteiger partial charge in [-0.2, -0.15) is 11.8 Å². The fourth-order valence-corrected chi connectivity index (χ4v) is 9.09. The number of amides is 6. The zero-order chi connectivity index (χ0) is 46.3. The van der Waals surface area contributed by atoms with E-state index in [9.17, 15) is 19.2 Å². The Hall–Kier alpha value is -4.66. The maximum absolute atomic E-state index is 15.9. The van der Waals surface area contributed by atoms with Gasteiger partial charge in [0, 0.05) is 62.9 Å². The van der Waals surface area contributed by atoms with Crippen molar-refractivity contribution in [2.45, 2.75) is 122 Å². The number of urea groups is 1. The van der Waals surface area contributed by atoms with Crippen LogP contribution >= 0.6 is 11.8 Å². The van der Waals surface area contributed by atoms with Crippen LogP contribution < -0.4 is 21.3 Å². The van der Waals surface area contributed by atoms with Gasteiger partial charge in [0.05, 0.1) is 0 Å². The Morgan fingerprint density at radius 3 is 2.06 bits per heavy atom. The van der Waals surface area contributed by atoms with Crippen LogP contribution in [0.15, 0.2) is 84.9 Å². The van der Waals surface area contributed by atoms with Gasteiger partial charge in [-0.05, 0) is 67.6 Å². The Bertz CT molecular complexity index is 1970. The molecule has 0 spiro atoms. The van der Waals surface area contributed by atoms with Crippen LogP contribution in [0.3, 0.4) is 0 Å². The smallest absolute Gasteiger partial charge is 0.407 e. The van der Waals surface area contributed by atoms with Crippen LogP contribution in [-0.2, 0) is 36.4 Å². The predicted octanol–water partition coefficient (Wildman–Crippen LogP) is 8.51. The molecule has 1 saturated heterocycles. The van der Waals surface area contributed by atoms with Crippen molar-refractivity contribution in [2.24, 2.45) is 5.92 Å². The van der Waals surface area contributed by atoms with E-state index >= 15 is 4.79 Å². The summed E-state index contributed by atoms with van der Waals surface area (Å²) in [7, 11) is -2.53. The molecule has 3 aromatic rings. The first-order valence-electron chi connectivity index (χ1n) is 22.3. The number of carbonyl (C=O) groups is 5. The molecule has 1 fully saturated rings. The molecule has 4 N–H and O–H groups in total. The average Bonchev–Trinajstić information content (AvgIpc) is 3.23. The lowest BCUT2D eigenvalue weighted by molar-refractivity contribution is -0.139. The number of alkyl carbamates (subject to hydrolysis) is 1. The minimum atomic E-state index is -2.53. The summed E-state index contributed by atoms with van der Waals surface area (Å²) in [5.74, 6) is -1.07. The molecule has 1 aliphatic heterocycles. The topological polar surface area (TPSA) is 155 Å². The minimum Gasteiger partial charge on any atom is -0.444 e. The van der Waals surface area contributed by atoms with Crippen LogP contribution in [0.2, 0.25) is 18.1 Å². The molecule has 1 aliphatic rings. The van der Waals surface area contributed by atoms with Crippen LogP contribution in [0, 0.1) is 5.92 Å².